The van der Waals surface area contributed by atoms with Crippen LogP contribution in [0.3, 0.4) is 0 Å². The van der Waals surface area contributed by atoms with Gasteiger partial charge in [0.05, 0.1) is 15.8 Å². The van der Waals surface area contributed by atoms with Gasteiger partial charge in [0.2, 0.25) is 0 Å². The number of halogens is 3. The van der Waals surface area contributed by atoms with E-state index < -0.39 is 17.6 Å². The lowest BCUT2D eigenvalue weighted by atomic mass is 10.1. The molecule has 1 aromatic heterocycles. The molecule has 0 aliphatic carbocycles. The van der Waals surface area contributed by atoms with Crippen LogP contribution in [-0.2, 0) is 6.18 Å². The van der Waals surface area contributed by atoms with E-state index in [0.29, 0.717) is 5.69 Å². The number of carbonyl (C=O) groups is 1. The Labute approximate surface area is 187 Å². The quantitative estimate of drug-likeness (QED) is 0.377. The van der Waals surface area contributed by atoms with Gasteiger partial charge in [-0.15, -0.1) is 11.3 Å². The average molecular weight is 456 g/mol. The maximum Gasteiger partial charge on any atom is 0.418 e. The number of benzene rings is 3. The number of nitrogens with zero attached hydrogens (tertiary/aromatic N) is 2. The number of fused-ring (bicyclic) bond motifs is 1. The number of thiazole rings is 1. The van der Waals surface area contributed by atoms with Crippen LogP contribution < -0.4 is 10.2 Å². The van der Waals surface area contributed by atoms with Crippen LogP contribution in [-0.4, -0.2) is 25.0 Å². The molecule has 8 heteroatoms. The lowest BCUT2D eigenvalue weighted by molar-refractivity contribution is -0.137. The monoisotopic (exact) mass is 455 g/mol. The molecule has 0 fully saturated rings. The lowest BCUT2D eigenvalue weighted by Crippen LogP contribution is -2.19. The van der Waals surface area contributed by atoms with E-state index in [1.54, 1.807) is 23.5 Å². The molecule has 1 amide bonds. The number of aromatic nitrogens is 1. The molecule has 1 N–H and O–H groups in total. The summed E-state index contributed by atoms with van der Waals surface area (Å²) >= 11 is 1.58. The number of nitrogens with one attached hydrogen (secondary N) is 1. The van der Waals surface area contributed by atoms with Gasteiger partial charge in [-0.1, -0.05) is 6.07 Å². The standard InChI is InChI=1S/C24H20F3N3OS/c1-14-4-10-19-21(12-14)32-23(29-19)15-5-8-17(9-6-15)28-22(31)16-7-11-20(30(2)3)18(13-16)24(25,26)27/h4-13H,1-3H3,(H,28,31). The van der Waals surface area contributed by atoms with E-state index in [9.17, 15) is 18.0 Å². The van der Waals surface area contributed by atoms with Gasteiger partial charge in [-0.3, -0.25) is 4.79 Å². The van der Waals surface area contributed by atoms with Gasteiger partial charge >= 0.3 is 6.18 Å². The first-order chi connectivity index (χ1) is 15.1. The molecule has 0 atom stereocenters. The molecule has 4 rings (SSSR count). The Morgan fingerprint density at radius 1 is 1.00 bits per heavy atom. The minimum atomic E-state index is -4.56. The molecule has 0 radical (unpaired) electrons. The normalized spacial score (nSPS) is 11.6. The number of amides is 1. The SMILES string of the molecule is Cc1ccc2nc(-c3ccc(NC(=O)c4ccc(N(C)C)c(C(F)(F)F)c4)cc3)sc2c1. The van der Waals surface area contributed by atoms with Crippen molar-refractivity contribution < 1.29 is 18.0 Å². The van der Waals surface area contributed by atoms with Crippen LogP contribution in [0.2, 0.25) is 0 Å². The molecule has 0 aliphatic heterocycles. The number of rotatable bonds is 4. The molecular weight excluding hydrogens is 435 g/mol. The Morgan fingerprint density at radius 2 is 1.72 bits per heavy atom. The zero-order valence-electron chi connectivity index (χ0n) is 17.6. The van der Waals surface area contributed by atoms with Crippen LogP contribution in [0.5, 0.6) is 0 Å². The van der Waals surface area contributed by atoms with E-state index in [0.717, 1.165) is 32.4 Å². The molecule has 3 aromatic carbocycles. The molecule has 32 heavy (non-hydrogen) atoms. The summed E-state index contributed by atoms with van der Waals surface area (Å²) in [7, 11) is 3.05. The first kappa shape index (κ1) is 21.8. The van der Waals surface area contributed by atoms with Crippen LogP contribution >= 0.6 is 11.3 Å². The smallest absolute Gasteiger partial charge is 0.377 e. The second-order valence-electron chi connectivity index (χ2n) is 7.65. The van der Waals surface area contributed by atoms with Crippen LogP contribution in [0, 0.1) is 6.92 Å². The van der Waals surface area contributed by atoms with Gasteiger partial charge in [0.1, 0.15) is 5.01 Å². The van der Waals surface area contributed by atoms with E-state index in [-0.39, 0.29) is 11.3 Å². The fourth-order valence-electron chi connectivity index (χ4n) is 3.35. The second kappa shape index (κ2) is 8.27. The largest absolute Gasteiger partial charge is 0.418 e. The molecule has 0 bridgehead atoms. The highest BCUT2D eigenvalue weighted by atomic mass is 32.1. The Bertz CT molecular complexity index is 1290. The van der Waals surface area contributed by atoms with Gasteiger partial charge in [0.25, 0.3) is 5.91 Å². The van der Waals surface area contributed by atoms with Crippen molar-refractivity contribution in [3.05, 3.63) is 77.4 Å². The van der Waals surface area contributed by atoms with Gasteiger partial charge < -0.3 is 10.2 Å². The molecular formula is C24H20F3N3OS. The third kappa shape index (κ3) is 4.45. The topological polar surface area (TPSA) is 45.2 Å². The minimum Gasteiger partial charge on any atom is -0.377 e. The van der Waals surface area contributed by atoms with E-state index in [4.69, 9.17) is 0 Å². The van der Waals surface area contributed by atoms with Crippen molar-refractivity contribution in [3.63, 3.8) is 0 Å². The Morgan fingerprint density at radius 3 is 2.38 bits per heavy atom. The van der Waals surface area contributed by atoms with Crippen molar-refractivity contribution in [1.29, 1.82) is 0 Å². The first-order valence-corrected chi connectivity index (χ1v) is 10.6. The molecule has 0 aliphatic rings. The third-order valence-electron chi connectivity index (χ3n) is 4.98. The van der Waals surface area contributed by atoms with Crippen molar-refractivity contribution in [3.8, 4) is 10.6 Å². The lowest BCUT2D eigenvalue weighted by Gasteiger charge is -2.20. The molecule has 4 nitrogen and oxygen atoms in total. The van der Waals surface area contributed by atoms with Gasteiger partial charge in [-0.2, -0.15) is 13.2 Å². The Hall–Kier alpha value is -3.39. The highest BCUT2D eigenvalue weighted by Gasteiger charge is 2.34. The molecule has 0 saturated carbocycles. The minimum absolute atomic E-state index is 0.00410. The van der Waals surface area contributed by atoms with Crippen molar-refractivity contribution in [1.82, 2.24) is 4.98 Å². The first-order valence-electron chi connectivity index (χ1n) is 9.79. The Kier molecular flexibility index (Phi) is 5.64. The predicted octanol–water partition coefficient (Wildman–Crippen LogP) is 6.61. The highest BCUT2D eigenvalue weighted by Crippen LogP contribution is 2.37. The van der Waals surface area contributed by atoms with E-state index in [1.807, 2.05) is 31.2 Å². The zero-order valence-corrected chi connectivity index (χ0v) is 18.4. The molecule has 4 aromatic rings. The summed E-state index contributed by atoms with van der Waals surface area (Å²) in [6, 6.07) is 16.7. The fraction of sp³-hybridized carbons (Fsp3) is 0.167. The predicted molar refractivity (Wildman–Crippen MR) is 124 cm³/mol. The van der Waals surface area contributed by atoms with E-state index in [2.05, 4.69) is 16.4 Å². The van der Waals surface area contributed by atoms with Gasteiger partial charge in [0.15, 0.2) is 0 Å². The number of carbonyl (C=O) groups excluding carboxylic acids is 1. The number of alkyl halides is 3. The molecule has 0 saturated heterocycles. The Balaban J connectivity index is 1.55. The molecule has 164 valence electrons. The van der Waals surface area contributed by atoms with Crippen LogP contribution in [0.1, 0.15) is 21.5 Å². The number of hydrogen-bond donors (Lipinski definition) is 1. The van der Waals surface area contributed by atoms with Crippen molar-refractivity contribution in [2.24, 2.45) is 0 Å². The third-order valence-corrected chi connectivity index (χ3v) is 6.05. The van der Waals surface area contributed by atoms with Crippen LogP contribution in [0.25, 0.3) is 20.8 Å². The molecule has 1 heterocycles. The summed E-state index contributed by atoms with van der Waals surface area (Å²) in [5, 5.41) is 3.52. The van der Waals surface area contributed by atoms with Gasteiger partial charge in [-0.25, -0.2) is 4.98 Å². The van der Waals surface area contributed by atoms with E-state index >= 15 is 0 Å². The zero-order chi connectivity index (χ0) is 23.0. The second-order valence-corrected chi connectivity index (χ2v) is 8.68. The summed E-state index contributed by atoms with van der Waals surface area (Å²) in [6.45, 7) is 2.03. The molecule has 0 spiro atoms. The summed E-state index contributed by atoms with van der Waals surface area (Å²) < 4.78 is 41.4. The summed E-state index contributed by atoms with van der Waals surface area (Å²) in [5.74, 6) is -0.607. The molecule has 0 unspecified atom stereocenters. The van der Waals surface area contributed by atoms with Crippen molar-refractivity contribution >= 4 is 38.8 Å². The van der Waals surface area contributed by atoms with Gasteiger partial charge in [-0.05, 0) is 67.1 Å². The average Bonchev–Trinajstić information content (AvgIpc) is 3.16. The van der Waals surface area contributed by atoms with Crippen molar-refractivity contribution in [2.45, 2.75) is 13.1 Å². The van der Waals surface area contributed by atoms with Crippen molar-refractivity contribution in [2.75, 3.05) is 24.3 Å². The highest BCUT2D eigenvalue weighted by molar-refractivity contribution is 7.21. The number of hydrogen-bond acceptors (Lipinski definition) is 4. The number of aryl methyl sites for hydroxylation is 1. The summed E-state index contributed by atoms with van der Waals surface area (Å²) in [4.78, 5) is 18.6. The maximum absolute atomic E-state index is 13.4. The number of anilines is 2. The van der Waals surface area contributed by atoms with Gasteiger partial charge in [0, 0.05) is 36.6 Å². The maximum atomic E-state index is 13.4. The summed E-state index contributed by atoms with van der Waals surface area (Å²) in [6.07, 6.45) is -4.56. The fourth-order valence-corrected chi connectivity index (χ4v) is 4.42. The summed E-state index contributed by atoms with van der Waals surface area (Å²) in [5.41, 5.74) is 2.57. The van der Waals surface area contributed by atoms with Crippen LogP contribution in [0.15, 0.2) is 60.7 Å². The van der Waals surface area contributed by atoms with Crippen LogP contribution in [0.4, 0.5) is 24.5 Å². The van der Waals surface area contributed by atoms with E-state index in [1.165, 1.54) is 31.1 Å².